The Kier molecular flexibility index (Phi) is 9.35. The number of nitrogens with zero attached hydrogens (tertiary/aromatic N) is 3. The Balaban J connectivity index is 1.51. The van der Waals surface area contributed by atoms with Crippen LogP contribution in [-0.2, 0) is 11.4 Å². The van der Waals surface area contributed by atoms with E-state index in [1.54, 1.807) is 0 Å². The molecule has 1 aromatic heterocycles. The van der Waals surface area contributed by atoms with Crippen molar-refractivity contribution in [3.8, 4) is 5.75 Å². The van der Waals surface area contributed by atoms with Gasteiger partial charge in [0.15, 0.2) is 11.0 Å². The molecule has 0 spiro atoms. The van der Waals surface area contributed by atoms with Crippen LogP contribution in [0.5, 0.6) is 5.75 Å². The molecule has 0 saturated heterocycles. The number of benzene rings is 2. The van der Waals surface area contributed by atoms with Gasteiger partial charge in [0, 0.05) is 16.2 Å². The number of ether oxygens (including phenoxy) is 1. The molecule has 0 atom stereocenters. The van der Waals surface area contributed by atoms with Gasteiger partial charge >= 0.3 is 0 Å². The number of aromatic nitrogens is 3. The topological polar surface area (TPSA) is 69.0 Å². The minimum absolute atomic E-state index is 0.0402. The molecule has 3 aromatic rings. The lowest BCUT2D eigenvalue weighted by molar-refractivity contribution is -0.113. The molecule has 0 aliphatic heterocycles. The quantitative estimate of drug-likeness (QED) is 0.259. The van der Waals surface area contributed by atoms with Crippen molar-refractivity contribution in [3.05, 3.63) is 62.9 Å². The van der Waals surface area contributed by atoms with Gasteiger partial charge in [0.2, 0.25) is 5.91 Å². The van der Waals surface area contributed by atoms with Crippen LogP contribution in [0, 0.1) is 20.8 Å². The molecule has 8 heteroatoms. The fraction of sp³-hybridized carbons (Fsp3) is 0.483. The van der Waals surface area contributed by atoms with Gasteiger partial charge in [0.25, 0.3) is 0 Å². The largest absolute Gasteiger partial charge is 0.485 e. The summed E-state index contributed by atoms with van der Waals surface area (Å²) in [6.45, 7) is 10.8. The van der Waals surface area contributed by atoms with Gasteiger partial charge in [-0.15, -0.1) is 10.2 Å². The van der Waals surface area contributed by atoms with Crippen molar-refractivity contribution < 1.29 is 9.53 Å². The zero-order chi connectivity index (χ0) is 26.5. The van der Waals surface area contributed by atoms with Crippen molar-refractivity contribution in [1.82, 2.24) is 14.8 Å². The van der Waals surface area contributed by atoms with Gasteiger partial charge in [-0.1, -0.05) is 72.9 Å². The standard InChI is InChI=1S/C29H37BrN4O2S/c1-18(2)23-15-24(30)21(5)14-26(23)36-16-27-32-33-29(34(27)22-9-7-6-8-10-22)37-17-28(35)31-25-13-19(3)11-12-20(25)4/h11-15,18,22H,6-10,16-17H2,1-5H3,(H,31,35). The number of halogens is 1. The summed E-state index contributed by atoms with van der Waals surface area (Å²) in [5.41, 5.74) is 5.34. The second-order valence-electron chi connectivity index (χ2n) is 10.3. The number of anilines is 1. The van der Waals surface area contributed by atoms with Gasteiger partial charge in [-0.25, -0.2) is 0 Å². The molecule has 4 rings (SSSR count). The van der Waals surface area contributed by atoms with Gasteiger partial charge in [-0.3, -0.25) is 9.36 Å². The predicted molar refractivity (Wildman–Crippen MR) is 155 cm³/mol. The molecule has 1 aliphatic rings. The fourth-order valence-electron chi connectivity index (χ4n) is 4.79. The SMILES string of the molecule is Cc1ccc(C)c(NC(=O)CSc2nnc(COc3cc(C)c(Br)cc3C(C)C)n2C2CCCCC2)c1. The number of nitrogens with one attached hydrogen (secondary N) is 1. The highest BCUT2D eigenvalue weighted by Crippen LogP contribution is 2.35. The molecule has 6 nitrogen and oxygen atoms in total. The zero-order valence-electron chi connectivity index (χ0n) is 22.4. The Hall–Kier alpha value is -2.32. The third-order valence-electron chi connectivity index (χ3n) is 6.94. The predicted octanol–water partition coefficient (Wildman–Crippen LogP) is 7.90. The van der Waals surface area contributed by atoms with Crippen LogP contribution >= 0.6 is 27.7 Å². The number of carbonyl (C=O) groups excluding carboxylic acids is 1. The highest BCUT2D eigenvalue weighted by molar-refractivity contribution is 9.10. The Morgan fingerprint density at radius 2 is 1.86 bits per heavy atom. The molecule has 1 heterocycles. The summed E-state index contributed by atoms with van der Waals surface area (Å²) < 4.78 is 9.68. The van der Waals surface area contributed by atoms with Crippen molar-refractivity contribution in [2.45, 2.75) is 90.4 Å². The van der Waals surface area contributed by atoms with Crippen molar-refractivity contribution in [2.24, 2.45) is 0 Å². The average molecular weight is 586 g/mol. The first-order chi connectivity index (χ1) is 17.7. The van der Waals surface area contributed by atoms with Crippen molar-refractivity contribution >= 4 is 39.3 Å². The van der Waals surface area contributed by atoms with Crippen LogP contribution in [0.3, 0.4) is 0 Å². The lowest BCUT2D eigenvalue weighted by Crippen LogP contribution is -2.19. The average Bonchev–Trinajstić information content (AvgIpc) is 3.28. The lowest BCUT2D eigenvalue weighted by atomic mass is 9.95. The smallest absolute Gasteiger partial charge is 0.234 e. The van der Waals surface area contributed by atoms with E-state index in [0.29, 0.717) is 18.6 Å². The summed E-state index contributed by atoms with van der Waals surface area (Å²) in [4.78, 5) is 12.8. The summed E-state index contributed by atoms with van der Waals surface area (Å²) >= 11 is 5.10. The molecule has 0 unspecified atom stereocenters. The number of hydrogen-bond acceptors (Lipinski definition) is 5. The van der Waals surface area contributed by atoms with E-state index in [0.717, 1.165) is 56.4 Å². The van der Waals surface area contributed by atoms with Crippen LogP contribution in [0.2, 0.25) is 0 Å². The number of hydrogen-bond donors (Lipinski definition) is 1. The maximum Gasteiger partial charge on any atom is 0.234 e. The number of thioether (sulfide) groups is 1. The van der Waals surface area contributed by atoms with Crippen LogP contribution in [0.15, 0.2) is 40.0 Å². The molecule has 1 fully saturated rings. The molecule has 2 aromatic carbocycles. The van der Waals surface area contributed by atoms with E-state index in [9.17, 15) is 4.79 Å². The molecular formula is C29H37BrN4O2S. The van der Waals surface area contributed by atoms with E-state index >= 15 is 0 Å². The second kappa shape index (κ2) is 12.5. The summed E-state index contributed by atoms with van der Waals surface area (Å²) in [6, 6.07) is 10.7. The van der Waals surface area contributed by atoms with Gasteiger partial charge in [0.1, 0.15) is 12.4 Å². The highest BCUT2D eigenvalue weighted by Gasteiger charge is 2.24. The minimum Gasteiger partial charge on any atom is -0.485 e. The minimum atomic E-state index is -0.0402. The molecule has 37 heavy (non-hydrogen) atoms. The number of carbonyl (C=O) groups is 1. The molecule has 0 bridgehead atoms. The fourth-order valence-corrected chi connectivity index (χ4v) is 5.97. The summed E-state index contributed by atoms with van der Waals surface area (Å²) in [7, 11) is 0. The van der Waals surface area contributed by atoms with E-state index in [4.69, 9.17) is 4.74 Å². The van der Waals surface area contributed by atoms with Crippen LogP contribution < -0.4 is 10.1 Å². The first-order valence-electron chi connectivity index (χ1n) is 13.1. The van der Waals surface area contributed by atoms with Crippen molar-refractivity contribution in [1.29, 1.82) is 0 Å². The van der Waals surface area contributed by atoms with E-state index in [2.05, 4.69) is 75.0 Å². The second-order valence-corrected chi connectivity index (χ2v) is 12.1. The van der Waals surface area contributed by atoms with Crippen LogP contribution in [0.1, 0.15) is 86.0 Å². The monoisotopic (exact) mass is 584 g/mol. The molecule has 1 aliphatic carbocycles. The molecule has 1 N–H and O–H groups in total. The molecule has 1 amide bonds. The van der Waals surface area contributed by atoms with E-state index in [1.807, 2.05) is 26.0 Å². The number of amides is 1. The normalized spacial score (nSPS) is 14.2. The Labute approximate surface area is 233 Å². The third kappa shape index (κ3) is 6.96. The maximum absolute atomic E-state index is 12.8. The van der Waals surface area contributed by atoms with E-state index in [-0.39, 0.29) is 11.7 Å². The summed E-state index contributed by atoms with van der Waals surface area (Å²) in [6.07, 6.45) is 5.86. The number of rotatable bonds is 9. The zero-order valence-corrected chi connectivity index (χ0v) is 24.8. The highest BCUT2D eigenvalue weighted by atomic mass is 79.9. The van der Waals surface area contributed by atoms with E-state index in [1.165, 1.54) is 36.6 Å². The summed E-state index contributed by atoms with van der Waals surface area (Å²) in [5, 5.41) is 12.9. The van der Waals surface area contributed by atoms with E-state index < -0.39 is 0 Å². The van der Waals surface area contributed by atoms with Gasteiger partial charge in [0.05, 0.1) is 5.75 Å². The van der Waals surface area contributed by atoms with Crippen molar-refractivity contribution in [3.63, 3.8) is 0 Å². The van der Waals surface area contributed by atoms with Gasteiger partial charge < -0.3 is 10.1 Å². The Morgan fingerprint density at radius 1 is 1.11 bits per heavy atom. The van der Waals surface area contributed by atoms with Crippen molar-refractivity contribution in [2.75, 3.05) is 11.1 Å². The lowest BCUT2D eigenvalue weighted by Gasteiger charge is -2.25. The molecule has 1 saturated carbocycles. The third-order valence-corrected chi connectivity index (χ3v) is 8.74. The first kappa shape index (κ1) is 27.7. The van der Waals surface area contributed by atoms with Crippen LogP contribution in [0.25, 0.3) is 0 Å². The van der Waals surface area contributed by atoms with Gasteiger partial charge in [-0.2, -0.15) is 0 Å². The molecule has 0 radical (unpaired) electrons. The van der Waals surface area contributed by atoms with Gasteiger partial charge in [-0.05, 0) is 80.0 Å². The van der Waals surface area contributed by atoms with Crippen LogP contribution in [-0.4, -0.2) is 26.4 Å². The van der Waals surface area contributed by atoms with Crippen LogP contribution in [0.4, 0.5) is 5.69 Å². The first-order valence-corrected chi connectivity index (χ1v) is 14.9. The Bertz CT molecular complexity index is 1250. The molecular weight excluding hydrogens is 548 g/mol. The maximum atomic E-state index is 12.8. The molecule has 198 valence electrons. The summed E-state index contributed by atoms with van der Waals surface area (Å²) in [5.74, 6) is 2.28. The number of aryl methyl sites for hydroxylation is 3. The Morgan fingerprint density at radius 3 is 2.59 bits per heavy atom.